The number of hydrogen-bond donors (Lipinski definition) is 1. The number of hydrogen-bond acceptors (Lipinski definition) is 13. The van der Waals surface area contributed by atoms with Crippen LogP contribution in [-0.4, -0.2) is 84.2 Å². The van der Waals surface area contributed by atoms with Crippen molar-refractivity contribution in [2.24, 2.45) is 14.1 Å². The van der Waals surface area contributed by atoms with Gasteiger partial charge in [-0.3, -0.25) is 43.7 Å². The number of esters is 2. The molecular weight excluding hydrogens is 919 g/mol. The monoisotopic (exact) mass is 959 g/mol. The fourth-order valence-corrected chi connectivity index (χ4v) is 14.3. The molecule has 63 heavy (non-hydrogen) atoms. The summed E-state index contributed by atoms with van der Waals surface area (Å²) in [6.45, 7) is 1.20. The molecule has 2 saturated heterocycles. The molecule has 4 aliphatic heterocycles. The summed E-state index contributed by atoms with van der Waals surface area (Å²) in [7, 11) is 3.89. The van der Waals surface area contributed by atoms with Crippen LogP contribution < -0.4 is 0 Å². The van der Waals surface area contributed by atoms with Crippen LogP contribution in [0.1, 0.15) is 128 Å². The van der Waals surface area contributed by atoms with Crippen molar-refractivity contribution in [3.05, 3.63) is 102 Å². The van der Waals surface area contributed by atoms with Crippen molar-refractivity contribution < 1.29 is 43.5 Å². The zero-order valence-corrected chi connectivity index (χ0v) is 37.6. The number of alkyl halides is 1. The topological polar surface area (TPSA) is 209 Å². The van der Waals surface area contributed by atoms with Gasteiger partial charge in [-0.1, -0.05) is 15.9 Å². The van der Waals surface area contributed by atoms with Crippen LogP contribution in [-0.2, 0) is 54.1 Å². The van der Waals surface area contributed by atoms with Gasteiger partial charge in [0.2, 0.25) is 0 Å². The number of non-ortho nitro benzene ring substituents is 1. The summed E-state index contributed by atoms with van der Waals surface area (Å²) in [4.78, 5) is 75.5. The number of carboxylic acid groups (broad SMARTS) is 1. The second kappa shape index (κ2) is 15.5. The van der Waals surface area contributed by atoms with E-state index in [1.165, 1.54) is 101 Å². The summed E-state index contributed by atoms with van der Waals surface area (Å²) < 4.78 is 13.8. The van der Waals surface area contributed by atoms with Crippen LogP contribution in [0.4, 0.5) is 5.69 Å². The molecule has 6 heterocycles. The minimum absolute atomic E-state index is 0.0630. The van der Waals surface area contributed by atoms with E-state index in [0.29, 0.717) is 40.5 Å². The van der Waals surface area contributed by atoms with E-state index in [0.717, 1.165) is 42.6 Å². The average molecular weight is 961 g/mol. The fraction of sp³-hybridized carbons (Fsp3) is 0.465. The van der Waals surface area contributed by atoms with Crippen molar-refractivity contribution in [1.29, 1.82) is 0 Å². The van der Waals surface area contributed by atoms with Crippen molar-refractivity contribution in [3.63, 3.8) is 0 Å². The summed E-state index contributed by atoms with van der Waals surface area (Å²) >= 11 is 6.30. The molecule has 328 valence electrons. The van der Waals surface area contributed by atoms with Crippen molar-refractivity contribution in [2.45, 2.75) is 110 Å². The maximum atomic E-state index is 13.7. The number of β-lactam (4-membered cyclic amide) rings is 2. The number of carboxylic acids is 1. The van der Waals surface area contributed by atoms with Gasteiger partial charge >= 0.3 is 17.9 Å². The second-order valence-corrected chi connectivity index (χ2v) is 20.4. The quantitative estimate of drug-likeness (QED) is 0.0590. The molecule has 6 aliphatic carbocycles. The predicted octanol–water partition coefficient (Wildman–Crippen LogP) is 6.72. The van der Waals surface area contributed by atoms with E-state index in [1.54, 1.807) is 10.8 Å². The molecular formula is C43H42BrN7O10S2. The summed E-state index contributed by atoms with van der Waals surface area (Å²) in [5.74, 6) is -1.01. The molecule has 4 fully saturated rings. The molecule has 0 radical (unpaired) electrons. The zero-order valence-electron chi connectivity index (χ0n) is 34.4. The Hall–Kier alpha value is -5.21. The minimum Gasteiger partial charge on any atom is -0.477 e. The third-order valence-corrected chi connectivity index (χ3v) is 17.5. The van der Waals surface area contributed by atoms with Gasteiger partial charge in [-0.15, -0.1) is 23.5 Å². The molecule has 2 saturated carbocycles. The van der Waals surface area contributed by atoms with Gasteiger partial charge in [0.1, 0.15) is 34.4 Å². The van der Waals surface area contributed by atoms with E-state index in [9.17, 15) is 34.1 Å². The number of aromatic nitrogens is 4. The summed E-state index contributed by atoms with van der Waals surface area (Å²) in [6, 6.07) is 5.68. The van der Waals surface area contributed by atoms with E-state index in [2.05, 4.69) is 21.0 Å². The van der Waals surface area contributed by atoms with Crippen LogP contribution in [0.5, 0.6) is 0 Å². The molecule has 2 aromatic heterocycles. The number of aliphatic carboxylic acids is 1. The Morgan fingerprint density at radius 1 is 0.905 bits per heavy atom. The first-order valence-electron chi connectivity index (χ1n) is 20.9. The van der Waals surface area contributed by atoms with Gasteiger partial charge in [-0.25, -0.2) is 9.59 Å². The molecule has 17 nitrogen and oxygen atoms in total. The van der Waals surface area contributed by atoms with Crippen LogP contribution >= 0.6 is 39.5 Å². The van der Waals surface area contributed by atoms with Gasteiger partial charge in [-0.2, -0.15) is 10.2 Å². The lowest BCUT2D eigenvalue weighted by Crippen LogP contribution is -2.70. The van der Waals surface area contributed by atoms with Gasteiger partial charge in [0.15, 0.2) is 10.4 Å². The normalized spacial score (nSPS) is 29.0. The standard InChI is InChI=1S/C26H25BrN4O7S.C17H17N3O3S/c1-13(32)38-22(20-19-15-5-7-16(8-6-15)21(19)29(2)28-20)26(27)24(34)30-18(12-39-25(26)30)23(33)37-11-14-3-9-17(10-4-14)31(35)36;1-19-14-9-4-2-8(3-5-9)13(14)11(18-19)6-10-15(21)20-12(17(22)23)7-24-16(10)20/h3-4,9-10,12,15-16,22,25H,5-8,11H2,1-2H3;6-9,16H,2-5H2,1H3,(H,22,23)/b;10-6-/t15?,16?,22?,25-,26?;8?,9?,16-/m11/s1. The molecule has 3 aromatic rings. The summed E-state index contributed by atoms with van der Waals surface area (Å²) in [5, 5.41) is 31.9. The predicted molar refractivity (Wildman–Crippen MR) is 232 cm³/mol. The number of nitro groups is 1. The number of fused-ring (bicyclic) bond motifs is 6. The van der Waals surface area contributed by atoms with Gasteiger partial charge in [0, 0.05) is 78.3 Å². The molecule has 20 heteroatoms. The van der Waals surface area contributed by atoms with Gasteiger partial charge in [-0.05, 0) is 87.0 Å². The number of amides is 2. The molecule has 1 aromatic carbocycles. The number of ether oxygens (including phenoxy) is 2. The van der Waals surface area contributed by atoms with E-state index >= 15 is 0 Å². The highest BCUT2D eigenvalue weighted by Gasteiger charge is 2.70. The highest BCUT2D eigenvalue weighted by Crippen LogP contribution is 2.60. The lowest BCUT2D eigenvalue weighted by Gasteiger charge is -2.51. The first-order chi connectivity index (χ1) is 30.2. The third kappa shape index (κ3) is 6.51. The molecule has 13 rings (SSSR count). The number of aryl methyl sites for hydroxylation is 2. The zero-order chi connectivity index (χ0) is 44.2. The number of halogens is 1. The highest BCUT2D eigenvalue weighted by molar-refractivity contribution is 9.10. The van der Waals surface area contributed by atoms with E-state index in [-0.39, 0.29) is 35.0 Å². The van der Waals surface area contributed by atoms with Crippen molar-refractivity contribution >= 4 is 80.9 Å². The van der Waals surface area contributed by atoms with Crippen LogP contribution in [0.25, 0.3) is 6.08 Å². The van der Waals surface area contributed by atoms with Gasteiger partial charge in [0.05, 0.1) is 16.2 Å². The maximum Gasteiger partial charge on any atom is 0.355 e. The smallest absolute Gasteiger partial charge is 0.355 e. The fourth-order valence-electron chi connectivity index (χ4n) is 10.9. The molecule has 0 spiro atoms. The van der Waals surface area contributed by atoms with Crippen molar-refractivity contribution in [1.82, 2.24) is 29.4 Å². The van der Waals surface area contributed by atoms with Crippen LogP contribution in [0.2, 0.25) is 0 Å². The Bertz CT molecular complexity index is 2620. The Balaban J connectivity index is 0.000000167. The van der Waals surface area contributed by atoms with E-state index in [1.807, 2.05) is 29.5 Å². The van der Waals surface area contributed by atoms with Gasteiger partial charge in [0.25, 0.3) is 17.5 Å². The average Bonchev–Trinajstić information content (AvgIpc) is 4.07. The van der Waals surface area contributed by atoms with E-state index < -0.39 is 44.5 Å². The number of thioether (sulfide) groups is 2. The Morgan fingerprint density at radius 3 is 2.11 bits per heavy atom. The first-order valence-corrected chi connectivity index (χ1v) is 23.6. The lowest BCUT2D eigenvalue weighted by molar-refractivity contribution is -0.384. The van der Waals surface area contributed by atoms with Crippen molar-refractivity contribution in [2.75, 3.05) is 0 Å². The molecule has 4 atom stereocenters. The second-order valence-electron chi connectivity index (χ2n) is 17.2. The van der Waals surface area contributed by atoms with Crippen LogP contribution in [0.15, 0.2) is 52.0 Å². The summed E-state index contributed by atoms with van der Waals surface area (Å²) in [6.07, 6.45) is 10.1. The molecule has 1 N–H and O–H groups in total. The third-order valence-electron chi connectivity index (χ3n) is 13.8. The maximum absolute atomic E-state index is 13.7. The van der Waals surface area contributed by atoms with Crippen molar-refractivity contribution in [3.8, 4) is 0 Å². The molecule has 4 bridgehead atoms. The number of benzene rings is 1. The van der Waals surface area contributed by atoms with E-state index in [4.69, 9.17) is 19.7 Å². The Kier molecular flexibility index (Phi) is 10.3. The lowest BCUT2D eigenvalue weighted by atomic mass is 9.68. The Labute approximate surface area is 377 Å². The number of nitro benzene ring substituents is 1. The number of rotatable bonds is 9. The van der Waals surface area contributed by atoms with Crippen LogP contribution in [0.3, 0.4) is 0 Å². The SMILES string of the molecule is CC(=O)OC(c1nn(C)c2c1C1CCC2CC1)C1(Br)C(=O)N2C(C(=O)OCc3ccc([N+](=O)[O-])cc3)=CS[C@@H]21.Cn1nc(/C=C2/C(=O)N3C(C(=O)O)=CS[C@H]23)c2c1C1CCC2CC1. The van der Waals surface area contributed by atoms with Crippen LogP contribution in [0, 0.1) is 10.1 Å². The first kappa shape index (κ1) is 41.8. The minimum atomic E-state index is -1.31. The molecule has 2 unspecified atom stereocenters. The Morgan fingerprint density at radius 2 is 1.49 bits per heavy atom. The molecule has 10 aliphatic rings. The largest absolute Gasteiger partial charge is 0.477 e. The highest BCUT2D eigenvalue weighted by atomic mass is 79.9. The number of carbonyl (C=O) groups is 5. The number of carbonyl (C=O) groups excluding carboxylic acids is 4. The van der Waals surface area contributed by atoms with Gasteiger partial charge < -0.3 is 14.6 Å². The molecule has 2 amide bonds. The summed E-state index contributed by atoms with van der Waals surface area (Å²) in [5.41, 5.74) is 7.79. The number of nitrogens with zero attached hydrogens (tertiary/aromatic N) is 7.